The van der Waals surface area contributed by atoms with Crippen LogP contribution < -0.4 is 10.1 Å². The molecular formula is C17H18N2O5. The quantitative estimate of drug-likeness (QED) is 0.625. The summed E-state index contributed by atoms with van der Waals surface area (Å²) >= 11 is 0. The SMILES string of the molecule is COc1ccc([N+](=O)[O-])c(C(=O)NC[C@H](O)c2ccccc2C)c1. The third-order valence-corrected chi connectivity index (χ3v) is 3.65. The molecule has 0 bridgehead atoms. The highest BCUT2D eigenvalue weighted by Crippen LogP contribution is 2.24. The van der Waals surface area contributed by atoms with Crippen LogP contribution in [0, 0.1) is 17.0 Å². The Morgan fingerprint density at radius 2 is 2.04 bits per heavy atom. The summed E-state index contributed by atoms with van der Waals surface area (Å²) in [4.78, 5) is 22.7. The molecule has 2 aromatic rings. The van der Waals surface area contributed by atoms with Crippen LogP contribution >= 0.6 is 0 Å². The highest BCUT2D eigenvalue weighted by molar-refractivity contribution is 5.98. The number of carbonyl (C=O) groups is 1. The van der Waals surface area contributed by atoms with Crippen molar-refractivity contribution in [3.05, 3.63) is 69.3 Å². The zero-order valence-corrected chi connectivity index (χ0v) is 13.4. The van der Waals surface area contributed by atoms with Gasteiger partial charge in [-0.2, -0.15) is 0 Å². The van der Waals surface area contributed by atoms with E-state index in [9.17, 15) is 20.0 Å². The Morgan fingerprint density at radius 3 is 2.67 bits per heavy atom. The molecule has 24 heavy (non-hydrogen) atoms. The average Bonchev–Trinajstić information content (AvgIpc) is 2.59. The fraction of sp³-hybridized carbons (Fsp3) is 0.235. The van der Waals surface area contributed by atoms with Crippen molar-refractivity contribution in [2.75, 3.05) is 13.7 Å². The van der Waals surface area contributed by atoms with Gasteiger partial charge in [0.25, 0.3) is 11.6 Å². The van der Waals surface area contributed by atoms with Crippen LogP contribution in [0.4, 0.5) is 5.69 Å². The van der Waals surface area contributed by atoms with E-state index in [1.165, 1.54) is 25.3 Å². The van der Waals surface area contributed by atoms with Crippen molar-refractivity contribution in [2.24, 2.45) is 0 Å². The van der Waals surface area contributed by atoms with E-state index < -0.39 is 16.9 Å². The standard InChI is InChI=1S/C17H18N2O5/c1-11-5-3-4-6-13(11)16(20)10-18-17(21)14-9-12(24-2)7-8-15(14)19(22)23/h3-9,16,20H,10H2,1-2H3,(H,18,21)/t16-/m0/s1. The number of nitrogens with one attached hydrogen (secondary N) is 1. The fourth-order valence-corrected chi connectivity index (χ4v) is 2.34. The smallest absolute Gasteiger partial charge is 0.282 e. The largest absolute Gasteiger partial charge is 0.497 e. The van der Waals surface area contributed by atoms with Gasteiger partial charge in [-0.25, -0.2) is 0 Å². The van der Waals surface area contributed by atoms with Crippen LogP contribution in [0.5, 0.6) is 5.75 Å². The maximum atomic E-state index is 12.3. The number of rotatable bonds is 6. The predicted octanol–water partition coefficient (Wildman–Crippen LogP) is 2.38. The van der Waals surface area contributed by atoms with E-state index in [-0.39, 0.29) is 17.8 Å². The molecule has 0 saturated heterocycles. The van der Waals surface area contributed by atoms with Gasteiger partial charge in [0, 0.05) is 12.6 Å². The van der Waals surface area contributed by atoms with E-state index in [0.717, 1.165) is 5.56 Å². The van der Waals surface area contributed by atoms with Crippen molar-refractivity contribution in [2.45, 2.75) is 13.0 Å². The molecule has 126 valence electrons. The van der Waals surface area contributed by atoms with Gasteiger partial charge in [0.2, 0.25) is 0 Å². The minimum atomic E-state index is -0.903. The Labute approximate surface area is 139 Å². The number of nitro groups is 1. The van der Waals surface area contributed by atoms with Crippen LogP contribution in [0.2, 0.25) is 0 Å². The first kappa shape index (κ1) is 17.4. The van der Waals surface area contributed by atoms with Crippen molar-refractivity contribution in [3.8, 4) is 5.75 Å². The Bertz CT molecular complexity index is 760. The van der Waals surface area contributed by atoms with Gasteiger partial charge in [-0.3, -0.25) is 14.9 Å². The van der Waals surface area contributed by atoms with E-state index in [4.69, 9.17) is 4.74 Å². The molecule has 0 heterocycles. The Morgan fingerprint density at radius 1 is 1.33 bits per heavy atom. The lowest BCUT2D eigenvalue weighted by Crippen LogP contribution is -2.29. The van der Waals surface area contributed by atoms with Gasteiger partial charge >= 0.3 is 0 Å². The molecular weight excluding hydrogens is 312 g/mol. The number of hydrogen-bond acceptors (Lipinski definition) is 5. The summed E-state index contributed by atoms with van der Waals surface area (Å²) < 4.78 is 5.00. The lowest BCUT2D eigenvalue weighted by Gasteiger charge is -2.14. The zero-order valence-electron chi connectivity index (χ0n) is 13.4. The average molecular weight is 330 g/mol. The van der Waals surface area contributed by atoms with Gasteiger partial charge in [-0.1, -0.05) is 24.3 Å². The lowest BCUT2D eigenvalue weighted by atomic mass is 10.0. The number of aliphatic hydroxyl groups is 1. The zero-order chi connectivity index (χ0) is 17.7. The Kier molecular flexibility index (Phi) is 5.49. The molecule has 0 saturated carbocycles. The Hall–Kier alpha value is -2.93. The molecule has 0 fully saturated rings. The lowest BCUT2D eigenvalue weighted by molar-refractivity contribution is -0.385. The van der Waals surface area contributed by atoms with Crippen LogP contribution in [-0.4, -0.2) is 29.6 Å². The monoisotopic (exact) mass is 330 g/mol. The number of aliphatic hydroxyl groups excluding tert-OH is 1. The molecule has 2 N–H and O–H groups in total. The number of hydrogen-bond donors (Lipinski definition) is 2. The third-order valence-electron chi connectivity index (χ3n) is 3.65. The van der Waals surface area contributed by atoms with Crippen molar-refractivity contribution < 1.29 is 19.6 Å². The number of aryl methyl sites for hydroxylation is 1. The number of nitrogens with zero attached hydrogens (tertiary/aromatic N) is 1. The van der Waals surface area contributed by atoms with Crippen LogP contribution in [0.25, 0.3) is 0 Å². The van der Waals surface area contributed by atoms with Crippen LogP contribution in [0.3, 0.4) is 0 Å². The van der Waals surface area contributed by atoms with E-state index in [0.29, 0.717) is 11.3 Å². The molecule has 0 radical (unpaired) electrons. The number of ether oxygens (including phenoxy) is 1. The van der Waals surface area contributed by atoms with Gasteiger partial charge in [0.1, 0.15) is 11.3 Å². The third kappa shape index (κ3) is 3.88. The van der Waals surface area contributed by atoms with Crippen molar-refractivity contribution in [1.29, 1.82) is 0 Å². The molecule has 0 spiro atoms. The summed E-state index contributed by atoms with van der Waals surface area (Å²) in [6.45, 7) is 1.80. The minimum absolute atomic E-state index is 0.0575. The first-order valence-corrected chi connectivity index (χ1v) is 7.28. The molecule has 0 aliphatic carbocycles. The maximum Gasteiger partial charge on any atom is 0.282 e. The minimum Gasteiger partial charge on any atom is -0.497 e. The second-order valence-corrected chi connectivity index (χ2v) is 5.22. The van der Waals surface area contributed by atoms with Crippen LogP contribution in [0.1, 0.15) is 27.6 Å². The van der Waals surface area contributed by atoms with Crippen molar-refractivity contribution >= 4 is 11.6 Å². The van der Waals surface area contributed by atoms with E-state index in [1.54, 1.807) is 12.1 Å². The second kappa shape index (κ2) is 7.56. The first-order valence-electron chi connectivity index (χ1n) is 7.28. The second-order valence-electron chi connectivity index (χ2n) is 5.22. The first-order chi connectivity index (χ1) is 11.4. The highest BCUT2D eigenvalue weighted by atomic mass is 16.6. The van der Waals surface area contributed by atoms with Gasteiger partial charge in [0.15, 0.2) is 0 Å². The molecule has 1 amide bonds. The maximum absolute atomic E-state index is 12.3. The fourth-order valence-electron chi connectivity index (χ4n) is 2.34. The van der Waals surface area contributed by atoms with Gasteiger partial charge in [-0.05, 0) is 30.2 Å². The van der Waals surface area contributed by atoms with Crippen molar-refractivity contribution in [3.63, 3.8) is 0 Å². The number of benzene rings is 2. The summed E-state index contributed by atoms with van der Waals surface area (Å²) in [5, 5.41) is 23.8. The molecule has 0 aliphatic rings. The normalized spacial score (nSPS) is 11.6. The number of nitro benzene ring substituents is 1. The summed E-state index contributed by atoms with van der Waals surface area (Å²) in [6.07, 6.45) is -0.903. The molecule has 1 atom stereocenters. The summed E-state index contributed by atoms with van der Waals surface area (Å²) in [7, 11) is 1.41. The predicted molar refractivity (Wildman–Crippen MR) is 88.1 cm³/mol. The summed E-state index contributed by atoms with van der Waals surface area (Å²) in [5.74, 6) is -0.307. The molecule has 0 unspecified atom stereocenters. The molecule has 7 nitrogen and oxygen atoms in total. The number of methoxy groups -OCH3 is 1. The molecule has 0 aliphatic heterocycles. The summed E-state index contributed by atoms with van der Waals surface area (Å²) in [6, 6.07) is 11.2. The van der Waals surface area contributed by atoms with E-state index in [2.05, 4.69) is 5.32 Å². The summed E-state index contributed by atoms with van der Waals surface area (Å²) in [5.41, 5.74) is 1.15. The molecule has 0 aromatic heterocycles. The number of carbonyl (C=O) groups excluding carboxylic acids is 1. The van der Waals surface area contributed by atoms with E-state index in [1.807, 2.05) is 19.1 Å². The van der Waals surface area contributed by atoms with Crippen LogP contribution in [-0.2, 0) is 0 Å². The van der Waals surface area contributed by atoms with Crippen molar-refractivity contribution in [1.82, 2.24) is 5.32 Å². The molecule has 2 rings (SSSR count). The van der Waals surface area contributed by atoms with Gasteiger partial charge in [-0.15, -0.1) is 0 Å². The van der Waals surface area contributed by atoms with Gasteiger partial charge in [0.05, 0.1) is 18.1 Å². The topological polar surface area (TPSA) is 102 Å². The number of amides is 1. The highest BCUT2D eigenvalue weighted by Gasteiger charge is 2.22. The van der Waals surface area contributed by atoms with E-state index >= 15 is 0 Å². The molecule has 2 aromatic carbocycles. The molecule has 7 heteroatoms. The van der Waals surface area contributed by atoms with Gasteiger partial charge < -0.3 is 15.2 Å². The Balaban J connectivity index is 2.15. The van der Waals surface area contributed by atoms with Crippen LogP contribution in [0.15, 0.2) is 42.5 Å².